The Labute approximate surface area is 91.8 Å². The number of aliphatic hydroxyl groups is 1. The molecule has 2 aliphatic rings. The number of anilines is 1. The predicted molar refractivity (Wildman–Crippen MR) is 57.9 cm³/mol. The summed E-state index contributed by atoms with van der Waals surface area (Å²) < 4.78 is 5.55. The monoisotopic (exact) mass is 215 g/mol. The molecule has 16 heavy (non-hydrogen) atoms. The van der Waals surface area contributed by atoms with Crippen LogP contribution in [0.5, 0.6) is 5.75 Å². The Morgan fingerprint density at radius 3 is 3.00 bits per heavy atom. The van der Waals surface area contributed by atoms with Crippen LogP contribution in [0.15, 0.2) is 47.9 Å². The zero-order valence-electron chi connectivity index (χ0n) is 8.31. The fourth-order valence-corrected chi connectivity index (χ4v) is 1.74. The maximum Gasteiger partial charge on any atom is 0.215 e. The molecule has 1 unspecified atom stereocenters. The van der Waals surface area contributed by atoms with Crippen molar-refractivity contribution in [1.29, 1.82) is 0 Å². The van der Waals surface area contributed by atoms with E-state index in [-0.39, 0.29) is 5.78 Å². The van der Waals surface area contributed by atoms with Gasteiger partial charge in [-0.05, 0) is 24.3 Å². The number of Topliss-reactive ketones (excluding diaryl/α,β-unsaturated/α-hetero) is 1. The van der Waals surface area contributed by atoms with Crippen LogP contribution < -0.4 is 10.1 Å². The highest BCUT2D eigenvalue weighted by Crippen LogP contribution is 2.34. The Kier molecular flexibility index (Phi) is 1.84. The second-order valence-corrected chi connectivity index (χ2v) is 3.63. The molecule has 80 valence electrons. The Hall–Kier alpha value is -2.07. The third kappa shape index (κ3) is 1.24. The smallest absolute Gasteiger partial charge is 0.215 e. The van der Waals surface area contributed by atoms with E-state index in [2.05, 4.69) is 5.32 Å². The largest absolute Gasteiger partial charge is 0.453 e. The number of para-hydroxylation sites is 2. The molecule has 0 saturated heterocycles. The van der Waals surface area contributed by atoms with Crippen LogP contribution in [0.3, 0.4) is 0 Å². The number of fused-ring (bicyclic) bond motifs is 1. The molecule has 0 radical (unpaired) electrons. The summed E-state index contributed by atoms with van der Waals surface area (Å²) in [5, 5.41) is 12.4. The number of hydrogen-bond donors (Lipinski definition) is 2. The van der Waals surface area contributed by atoms with Gasteiger partial charge in [-0.25, -0.2) is 0 Å². The molecule has 1 heterocycles. The zero-order chi connectivity index (χ0) is 11.1. The van der Waals surface area contributed by atoms with Gasteiger partial charge in [-0.3, -0.25) is 4.79 Å². The number of ether oxygens (including phenoxy) is 1. The number of aliphatic hydroxyl groups excluding tert-OH is 1. The maximum atomic E-state index is 11.7. The van der Waals surface area contributed by atoms with Crippen molar-refractivity contribution in [2.75, 3.05) is 5.32 Å². The fourth-order valence-electron chi connectivity index (χ4n) is 1.74. The van der Waals surface area contributed by atoms with Crippen LogP contribution in [0.4, 0.5) is 5.69 Å². The molecule has 0 aromatic heterocycles. The van der Waals surface area contributed by atoms with E-state index < -0.39 is 6.10 Å². The average Bonchev–Trinajstić information content (AvgIpc) is 2.32. The highest BCUT2D eigenvalue weighted by Gasteiger charge is 2.29. The highest BCUT2D eigenvalue weighted by atomic mass is 16.5. The Balaban J connectivity index is 2.06. The van der Waals surface area contributed by atoms with Gasteiger partial charge in [0, 0.05) is 0 Å². The fraction of sp³-hybridized carbons (Fsp3) is 0.0833. The zero-order valence-corrected chi connectivity index (χ0v) is 8.31. The van der Waals surface area contributed by atoms with Crippen LogP contribution in [0.25, 0.3) is 0 Å². The van der Waals surface area contributed by atoms with Crippen LogP contribution in [-0.2, 0) is 4.79 Å². The molecule has 0 fully saturated rings. The van der Waals surface area contributed by atoms with E-state index in [9.17, 15) is 9.90 Å². The number of carbonyl (C=O) groups is 1. The molecular weight excluding hydrogens is 206 g/mol. The van der Waals surface area contributed by atoms with E-state index >= 15 is 0 Å². The highest BCUT2D eigenvalue weighted by molar-refractivity contribution is 6.05. The van der Waals surface area contributed by atoms with Gasteiger partial charge in [0.15, 0.2) is 11.5 Å². The Bertz CT molecular complexity index is 531. The van der Waals surface area contributed by atoms with Crippen molar-refractivity contribution in [3.8, 4) is 5.75 Å². The average molecular weight is 215 g/mol. The third-order valence-electron chi connectivity index (χ3n) is 2.56. The quantitative estimate of drug-likeness (QED) is 0.682. The van der Waals surface area contributed by atoms with Gasteiger partial charge in [-0.15, -0.1) is 0 Å². The van der Waals surface area contributed by atoms with Gasteiger partial charge in [-0.1, -0.05) is 12.1 Å². The molecule has 4 heteroatoms. The number of benzene rings is 1. The van der Waals surface area contributed by atoms with E-state index in [0.717, 1.165) is 5.69 Å². The molecule has 0 bridgehead atoms. The van der Waals surface area contributed by atoms with Crippen molar-refractivity contribution in [2.45, 2.75) is 6.10 Å². The minimum Gasteiger partial charge on any atom is -0.453 e. The maximum absolute atomic E-state index is 11.7. The number of ketones is 1. The van der Waals surface area contributed by atoms with Gasteiger partial charge in [-0.2, -0.15) is 0 Å². The topological polar surface area (TPSA) is 58.6 Å². The lowest BCUT2D eigenvalue weighted by Gasteiger charge is -2.25. The van der Waals surface area contributed by atoms with E-state index in [1.807, 2.05) is 24.3 Å². The first-order valence-electron chi connectivity index (χ1n) is 4.94. The van der Waals surface area contributed by atoms with Crippen LogP contribution >= 0.6 is 0 Å². The lowest BCUT2D eigenvalue weighted by Crippen LogP contribution is -2.30. The van der Waals surface area contributed by atoms with Crippen LogP contribution in [-0.4, -0.2) is 17.0 Å². The van der Waals surface area contributed by atoms with Gasteiger partial charge in [0.05, 0.1) is 5.69 Å². The second kappa shape index (κ2) is 3.21. The molecular formula is C12H9NO3. The molecule has 0 saturated carbocycles. The predicted octanol–water partition coefficient (Wildman–Crippen LogP) is 1.20. The third-order valence-corrected chi connectivity index (χ3v) is 2.56. The molecule has 1 aliphatic heterocycles. The summed E-state index contributed by atoms with van der Waals surface area (Å²) >= 11 is 0. The van der Waals surface area contributed by atoms with Crippen molar-refractivity contribution < 1.29 is 14.6 Å². The van der Waals surface area contributed by atoms with E-state index in [1.165, 1.54) is 6.08 Å². The molecule has 1 aliphatic carbocycles. The molecule has 2 N–H and O–H groups in total. The molecule has 0 amide bonds. The molecule has 0 spiro atoms. The molecule has 1 atom stereocenters. The normalized spacial score (nSPS) is 22.1. The van der Waals surface area contributed by atoms with Gasteiger partial charge in [0.1, 0.15) is 11.8 Å². The van der Waals surface area contributed by atoms with Gasteiger partial charge in [0.2, 0.25) is 5.78 Å². The van der Waals surface area contributed by atoms with Gasteiger partial charge >= 0.3 is 0 Å². The Morgan fingerprint density at radius 1 is 1.31 bits per heavy atom. The summed E-state index contributed by atoms with van der Waals surface area (Å²) in [5.41, 5.74) is 1.05. The second-order valence-electron chi connectivity index (χ2n) is 3.63. The van der Waals surface area contributed by atoms with Crippen molar-refractivity contribution in [1.82, 2.24) is 0 Å². The first kappa shape index (κ1) is 9.18. The minimum atomic E-state index is -1.08. The number of nitrogens with one attached hydrogen (secondary N) is 1. The Morgan fingerprint density at radius 2 is 2.12 bits per heavy atom. The van der Waals surface area contributed by atoms with Crippen molar-refractivity contribution >= 4 is 11.5 Å². The van der Waals surface area contributed by atoms with E-state index in [4.69, 9.17) is 4.74 Å². The van der Waals surface area contributed by atoms with Crippen LogP contribution in [0.2, 0.25) is 0 Å². The number of carbonyl (C=O) groups excluding carboxylic acids is 1. The summed E-state index contributed by atoms with van der Waals surface area (Å²) in [4.78, 5) is 11.7. The SMILES string of the molecule is O=C1C2=C(C=CC1O)Oc1ccccc1N2. The standard InChI is InChI=1S/C12H9NO3/c14-8-5-6-10-11(12(8)15)13-7-3-1-2-4-9(7)16-10/h1-6,8,13-14H. The van der Waals surface area contributed by atoms with Crippen molar-refractivity contribution in [3.05, 3.63) is 47.9 Å². The summed E-state index contributed by atoms with van der Waals surface area (Å²) in [7, 11) is 0. The first-order chi connectivity index (χ1) is 7.75. The van der Waals surface area contributed by atoms with E-state index in [1.54, 1.807) is 6.08 Å². The number of rotatable bonds is 0. The molecule has 4 nitrogen and oxygen atoms in total. The lowest BCUT2D eigenvalue weighted by molar-refractivity contribution is -0.121. The van der Waals surface area contributed by atoms with Gasteiger partial charge < -0.3 is 15.2 Å². The number of allylic oxidation sites excluding steroid dienone is 1. The summed E-state index contributed by atoms with van der Waals surface area (Å²) in [5.74, 6) is 0.760. The number of hydrogen-bond acceptors (Lipinski definition) is 4. The molecule has 1 aromatic rings. The molecule has 3 rings (SSSR count). The van der Waals surface area contributed by atoms with Crippen molar-refractivity contribution in [2.24, 2.45) is 0 Å². The van der Waals surface area contributed by atoms with Gasteiger partial charge in [0.25, 0.3) is 0 Å². The summed E-state index contributed by atoms with van der Waals surface area (Å²) in [6, 6.07) is 7.34. The minimum absolute atomic E-state index is 0.314. The first-order valence-corrected chi connectivity index (χ1v) is 4.94. The van der Waals surface area contributed by atoms with Crippen LogP contribution in [0.1, 0.15) is 0 Å². The lowest BCUT2D eigenvalue weighted by atomic mass is 10.0. The van der Waals surface area contributed by atoms with Crippen LogP contribution in [0, 0.1) is 0 Å². The summed E-state index contributed by atoms with van der Waals surface area (Å²) in [6.07, 6.45) is 1.93. The van der Waals surface area contributed by atoms with Crippen molar-refractivity contribution in [3.63, 3.8) is 0 Å². The molecule has 1 aromatic carbocycles. The summed E-state index contributed by atoms with van der Waals surface area (Å²) in [6.45, 7) is 0. The van der Waals surface area contributed by atoms with E-state index in [0.29, 0.717) is 17.2 Å².